The van der Waals surface area contributed by atoms with Gasteiger partial charge in [-0.1, -0.05) is 38.1 Å². The number of nitrogens with one attached hydrogen (secondary N) is 2. The Morgan fingerprint density at radius 1 is 1.10 bits per heavy atom. The summed E-state index contributed by atoms with van der Waals surface area (Å²) in [6.07, 6.45) is 2.57. The summed E-state index contributed by atoms with van der Waals surface area (Å²) in [6.45, 7) is 4.39. The highest BCUT2D eigenvalue weighted by Gasteiger charge is 2.11. The quantitative estimate of drug-likeness (QED) is 0.436. The van der Waals surface area contributed by atoms with Crippen LogP contribution < -0.4 is 14.9 Å². The number of carbonyl (C=O) groups excluding carboxylic acids is 1. The van der Waals surface area contributed by atoms with Gasteiger partial charge >= 0.3 is 0 Å². The first kappa shape index (κ1) is 21.1. The van der Waals surface area contributed by atoms with Crippen molar-refractivity contribution >= 4 is 12.1 Å². The zero-order chi connectivity index (χ0) is 21.5. The van der Waals surface area contributed by atoms with Crippen LogP contribution in [0.5, 0.6) is 11.5 Å². The number of ether oxygens (including phenoxy) is 2. The smallest absolute Gasteiger partial charge is 0.289 e. The van der Waals surface area contributed by atoms with Crippen LogP contribution in [0.2, 0.25) is 0 Å². The number of amides is 1. The van der Waals surface area contributed by atoms with E-state index in [2.05, 4.69) is 46.7 Å². The SMILES string of the molecule is COc1ccc(/C=N/NC(=O)c2cc(-c3ccc(CC(C)C)cc3)n[nH]2)cc1OC. The Morgan fingerprint density at radius 3 is 2.50 bits per heavy atom. The van der Waals surface area contributed by atoms with Crippen molar-refractivity contribution in [2.75, 3.05) is 14.2 Å². The van der Waals surface area contributed by atoms with E-state index in [4.69, 9.17) is 9.47 Å². The Labute approximate surface area is 176 Å². The number of rotatable bonds is 8. The van der Waals surface area contributed by atoms with Gasteiger partial charge in [-0.3, -0.25) is 9.89 Å². The number of nitrogens with zero attached hydrogens (tertiary/aromatic N) is 2. The minimum Gasteiger partial charge on any atom is -0.493 e. The molecule has 2 N–H and O–H groups in total. The summed E-state index contributed by atoms with van der Waals surface area (Å²) < 4.78 is 10.5. The van der Waals surface area contributed by atoms with Crippen LogP contribution in [-0.2, 0) is 6.42 Å². The predicted octanol–water partition coefficient (Wildman–Crippen LogP) is 4.06. The summed E-state index contributed by atoms with van der Waals surface area (Å²) in [5.74, 6) is 1.45. The van der Waals surface area contributed by atoms with E-state index in [1.807, 2.05) is 18.2 Å². The second-order valence-corrected chi connectivity index (χ2v) is 7.28. The highest BCUT2D eigenvalue weighted by molar-refractivity contribution is 5.94. The fourth-order valence-corrected chi connectivity index (χ4v) is 3.03. The third-order valence-electron chi connectivity index (χ3n) is 4.50. The lowest BCUT2D eigenvalue weighted by Gasteiger charge is -2.07. The van der Waals surface area contributed by atoms with Crippen LogP contribution in [-0.4, -0.2) is 36.5 Å². The average molecular weight is 406 g/mol. The van der Waals surface area contributed by atoms with Gasteiger partial charge in [-0.05, 0) is 47.7 Å². The number of hydrogen-bond acceptors (Lipinski definition) is 5. The van der Waals surface area contributed by atoms with E-state index in [0.717, 1.165) is 17.5 Å². The van der Waals surface area contributed by atoms with Crippen LogP contribution in [0.4, 0.5) is 0 Å². The molecule has 1 aromatic heterocycles. The predicted molar refractivity (Wildman–Crippen MR) is 117 cm³/mol. The standard InChI is InChI=1S/C23H26N4O3/c1-15(2)11-16-5-8-18(9-6-16)19-13-20(26-25-19)23(28)27-24-14-17-7-10-21(29-3)22(12-17)30-4/h5-10,12-15H,11H2,1-4H3,(H,25,26)(H,27,28)/b24-14+. The third kappa shape index (κ3) is 5.26. The van der Waals surface area contributed by atoms with Crippen LogP contribution >= 0.6 is 0 Å². The first-order valence-corrected chi connectivity index (χ1v) is 9.70. The number of hydrazone groups is 1. The number of aromatic amines is 1. The summed E-state index contributed by atoms with van der Waals surface area (Å²) in [5, 5.41) is 11.0. The maximum Gasteiger partial charge on any atom is 0.289 e. The van der Waals surface area contributed by atoms with Crippen LogP contribution in [0.1, 0.15) is 35.5 Å². The molecular weight excluding hydrogens is 380 g/mol. The molecule has 0 unspecified atom stereocenters. The monoisotopic (exact) mass is 406 g/mol. The fraction of sp³-hybridized carbons (Fsp3) is 0.261. The Kier molecular flexibility index (Phi) is 6.85. The molecule has 30 heavy (non-hydrogen) atoms. The number of hydrogen-bond donors (Lipinski definition) is 2. The maximum absolute atomic E-state index is 12.3. The fourth-order valence-electron chi connectivity index (χ4n) is 3.03. The summed E-state index contributed by atoms with van der Waals surface area (Å²) in [7, 11) is 3.14. The van der Waals surface area contributed by atoms with E-state index in [1.165, 1.54) is 11.8 Å². The molecule has 0 saturated heterocycles. The first-order valence-electron chi connectivity index (χ1n) is 9.70. The van der Waals surface area contributed by atoms with Crippen LogP contribution in [0.3, 0.4) is 0 Å². The Bertz CT molecular complexity index is 1020. The first-order chi connectivity index (χ1) is 14.5. The van der Waals surface area contributed by atoms with E-state index in [9.17, 15) is 4.79 Å². The van der Waals surface area contributed by atoms with Crippen molar-refractivity contribution in [1.29, 1.82) is 0 Å². The van der Waals surface area contributed by atoms with E-state index >= 15 is 0 Å². The highest BCUT2D eigenvalue weighted by atomic mass is 16.5. The molecule has 0 spiro atoms. The molecule has 3 aromatic rings. The molecule has 3 rings (SSSR count). The second-order valence-electron chi connectivity index (χ2n) is 7.28. The van der Waals surface area contributed by atoms with Gasteiger partial charge in [0.1, 0.15) is 5.69 Å². The molecule has 0 bridgehead atoms. The van der Waals surface area contributed by atoms with Crippen molar-refractivity contribution in [3.63, 3.8) is 0 Å². The van der Waals surface area contributed by atoms with Crippen molar-refractivity contribution in [1.82, 2.24) is 15.6 Å². The summed E-state index contributed by atoms with van der Waals surface area (Å²) in [6, 6.07) is 15.3. The molecule has 1 amide bonds. The van der Waals surface area contributed by atoms with Crippen LogP contribution in [0, 0.1) is 5.92 Å². The van der Waals surface area contributed by atoms with Crippen molar-refractivity contribution in [3.05, 3.63) is 65.4 Å². The van der Waals surface area contributed by atoms with Crippen molar-refractivity contribution in [2.45, 2.75) is 20.3 Å². The van der Waals surface area contributed by atoms with Gasteiger partial charge in [0.15, 0.2) is 11.5 Å². The molecule has 0 atom stereocenters. The molecule has 0 aliphatic heterocycles. The zero-order valence-electron chi connectivity index (χ0n) is 17.6. The lowest BCUT2D eigenvalue weighted by molar-refractivity contribution is 0.0950. The normalized spacial score (nSPS) is 11.1. The molecule has 1 heterocycles. The summed E-state index contributed by atoms with van der Waals surface area (Å²) >= 11 is 0. The van der Waals surface area contributed by atoms with Gasteiger partial charge in [-0.25, -0.2) is 5.43 Å². The number of methoxy groups -OCH3 is 2. The van der Waals surface area contributed by atoms with Gasteiger partial charge in [-0.2, -0.15) is 10.2 Å². The number of H-pyrrole nitrogens is 1. The Hall–Kier alpha value is -3.61. The minimum atomic E-state index is -0.373. The topological polar surface area (TPSA) is 88.6 Å². The Balaban J connectivity index is 1.63. The van der Waals surface area contributed by atoms with Gasteiger partial charge in [-0.15, -0.1) is 0 Å². The van der Waals surface area contributed by atoms with Crippen molar-refractivity contribution in [2.24, 2.45) is 11.0 Å². The number of aromatic nitrogens is 2. The molecule has 7 nitrogen and oxygen atoms in total. The summed E-state index contributed by atoms with van der Waals surface area (Å²) in [5.41, 5.74) is 6.54. The van der Waals surface area contributed by atoms with Crippen molar-refractivity contribution < 1.29 is 14.3 Å². The molecule has 0 fully saturated rings. The van der Waals surface area contributed by atoms with Crippen LogP contribution in [0.15, 0.2) is 53.6 Å². The van der Waals surface area contributed by atoms with Crippen molar-refractivity contribution in [3.8, 4) is 22.8 Å². The van der Waals surface area contributed by atoms with E-state index in [0.29, 0.717) is 28.8 Å². The van der Waals surface area contributed by atoms with E-state index in [-0.39, 0.29) is 5.91 Å². The Morgan fingerprint density at radius 2 is 1.83 bits per heavy atom. The van der Waals surface area contributed by atoms with Gasteiger partial charge < -0.3 is 9.47 Å². The molecule has 0 saturated carbocycles. The van der Waals surface area contributed by atoms with Gasteiger partial charge in [0.05, 0.1) is 26.1 Å². The minimum absolute atomic E-state index is 0.334. The molecule has 0 aliphatic carbocycles. The lowest BCUT2D eigenvalue weighted by atomic mass is 10.0. The van der Waals surface area contributed by atoms with E-state index < -0.39 is 0 Å². The largest absolute Gasteiger partial charge is 0.493 e. The van der Waals surface area contributed by atoms with Gasteiger partial charge in [0.25, 0.3) is 5.91 Å². The number of carbonyl (C=O) groups is 1. The third-order valence-corrected chi connectivity index (χ3v) is 4.50. The average Bonchev–Trinajstić information content (AvgIpc) is 3.24. The van der Waals surface area contributed by atoms with E-state index in [1.54, 1.807) is 32.4 Å². The van der Waals surface area contributed by atoms with Gasteiger partial charge in [0, 0.05) is 5.56 Å². The molecule has 2 aromatic carbocycles. The summed E-state index contributed by atoms with van der Waals surface area (Å²) in [4.78, 5) is 12.3. The second kappa shape index (κ2) is 9.73. The highest BCUT2D eigenvalue weighted by Crippen LogP contribution is 2.26. The molecule has 156 valence electrons. The van der Waals surface area contributed by atoms with Gasteiger partial charge in [0.2, 0.25) is 0 Å². The molecule has 0 aliphatic rings. The maximum atomic E-state index is 12.3. The molecular formula is C23H26N4O3. The molecule has 7 heteroatoms. The lowest BCUT2D eigenvalue weighted by Crippen LogP contribution is -2.18. The molecule has 0 radical (unpaired) electrons. The number of benzene rings is 2. The zero-order valence-corrected chi connectivity index (χ0v) is 17.6. The van der Waals surface area contributed by atoms with Crippen LogP contribution in [0.25, 0.3) is 11.3 Å².